The van der Waals surface area contributed by atoms with Gasteiger partial charge in [-0.25, -0.2) is 4.99 Å². The van der Waals surface area contributed by atoms with E-state index in [1.54, 1.807) is 12.1 Å². The number of carbonyl (C=O) groups excluding carboxylic acids is 1. The van der Waals surface area contributed by atoms with Crippen LogP contribution in [0.2, 0.25) is 0 Å². The van der Waals surface area contributed by atoms with Gasteiger partial charge in [-0.2, -0.15) is 0 Å². The molecule has 0 saturated heterocycles. The van der Waals surface area contributed by atoms with E-state index in [0.29, 0.717) is 6.61 Å². The second kappa shape index (κ2) is 10.8. The van der Waals surface area contributed by atoms with Crippen LogP contribution in [0.3, 0.4) is 0 Å². The van der Waals surface area contributed by atoms with Crippen molar-refractivity contribution < 1.29 is 13.9 Å². The van der Waals surface area contributed by atoms with Crippen molar-refractivity contribution in [2.24, 2.45) is 4.99 Å². The summed E-state index contributed by atoms with van der Waals surface area (Å²) in [7, 11) is 0. The molecule has 0 aliphatic rings. The molecule has 1 aromatic heterocycles. The molecule has 0 fully saturated rings. The van der Waals surface area contributed by atoms with Crippen LogP contribution >= 0.6 is 0 Å². The maximum absolute atomic E-state index is 12.0. The van der Waals surface area contributed by atoms with Crippen LogP contribution in [0.1, 0.15) is 51.1 Å². The average Bonchev–Trinajstić information content (AvgIpc) is 3.06. The van der Waals surface area contributed by atoms with Crippen molar-refractivity contribution >= 4 is 11.9 Å². The predicted molar refractivity (Wildman–Crippen MR) is 91.7 cm³/mol. The van der Waals surface area contributed by atoms with Gasteiger partial charge in [0.05, 0.1) is 18.9 Å². The fraction of sp³-hybridized carbons (Fsp3) is 0.647. The van der Waals surface area contributed by atoms with E-state index >= 15 is 0 Å². The van der Waals surface area contributed by atoms with Crippen LogP contribution in [0.4, 0.5) is 0 Å². The van der Waals surface area contributed by atoms with Gasteiger partial charge in [-0.15, -0.1) is 0 Å². The maximum atomic E-state index is 12.0. The lowest BCUT2D eigenvalue weighted by Gasteiger charge is -2.18. The summed E-state index contributed by atoms with van der Waals surface area (Å²) in [6.07, 6.45) is 3.48. The van der Waals surface area contributed by atoms with Gasteiger partial charge in [0.1, 0.15) is 0 Å². The Bertz CT molecular complexity index is 467. The number of ether oxygens (including phenoxy) is 1. The van der Waals surface area contributed by atoms with Gasteiger partial charge in [-0.1, -0.05) is 13.8 Å². The number of rotatable bonds is 9. The number of furan rings is 1. The third kappa shape index (κ3) is 7.32. The van der Waals surface area contributed by atoms with Crippen molar-refractivity contribution in [3.8, 4) is 0 Å². The standard InChI is InChI=1S/C17H29N3O3/c1-5-20(6-2)12-8-10-14(4)18-17(22-7-3)19-16(21)15-11-9-13-23-15/h9,11,13-14H,5-8,10,12H2,1-4H3,(H,18,19,21)/t14-/m0/s1. The van der Waals surface area contributed by atoms with Gasteiger partial charge in [-0.05, 0) is 58.5 Å². The molecular weight excluding hydrogens is 294 g/mol. The first-order valence-electron chi connectivity index (χ1n) is 8.38. The fourth-order valence-electron chi connectivity index (χ4n) is 2.22. The van der Waals surface area contributed by atoms with Gasteiger partial charge in [0.25, 0.3) is 11.9 Å². The number of hydrogen-bond donors (Lipinski definition) is 1. The summed E-state index contributed by atoms with van der Waals surface area (Å²) < 4.78 is 10.5. The van der Waals surface area contributed by atoms with Crippen LogP contribution in [-0.4, -0.2) is 49.1 Å². The lowest BCUT2D eigenvalue weighted by molar-refractivity contribution is 0.0938. The summed E-state index contributed by atoms with van der Waals surface area (Å²) in [6.45, 7) is 11.9. The van der Waals surface area contributed by atoms with Gasteiger partial charge in [0, 0.05) is 0 Å². The number of nitrogens with zero attached hydrogens (tertiary/aromatic N) is 2. The number of carbonyl (C=O) groups is 1. The van der Waals surface area contributed by atoms with E-state index in [9.17, 15) is 4.79 Å². The van der Waals surface area contributed by atoms with Gasteiger partial charge < -0.3 is 14.1 Å². The molecule has 6 heteroatoms. The molecular formula is C17H29N3O3. The number of amides is 1. The van der Waals surface area contributed by atoms with Crippen LogP contribution in [0.5, 0.6) is 0 Å². The fourth-order valence-corrected chi connectivity index (χ4v) is 2.22. The van der Waals surface area contributed by atoms with E-state index in [-0.39, 0.29) is 23.7 Å². The van der Waals surface area contributed by atoms with Gasteiger partial charge >= 0.3 is 0 Å². The molecule has 0 bridgehead atoms. The number of aliphatic imine (C=N–C) groups is 1. The molecule has 1 heterocycles. The van der Waals surface area contributed by atoms with E-state index in [4.69, 9.17) is 9.15 Å². The first kappa shape index (κ1) is 19.2. The number of hydrogen-bond acceptors (Lipinski definition) is 5. The molecule has 0 spiro atoms. The summed E-state index contributed by atoms with van der Waals surface area (Å²) in [6, 6.07) is 3.61. The molecule has 6 nitrogen and oxygen atoms in total. The van der Waals surface area contributed by atoms with Crippen LogP contribution in [0.15, 0.2) is 27.8 Å². The van der Waals surface area contributed by atoms with Gasteiger partial charge in [0.15, 0.2) is 5.76 Å². The minimum absolute atomic E-state index is 0.0870. The molecule has 1 atom stereocenters. The van der Waals surface area contributed by atoms with E-state index in [0.717, 1.165) is 32.5 Å². The monoisotopic (exact) mass is 323 g/mol. The minimum atomic E-state index is -0.349. The smallest absolute Gasteiger partial charge is 0.294 e. The molecule has 0 unspecified atom stereocenters. The Morgan fingerprint density at radius 3 is 2.70 bits per heavy atom. The SMILES string of the molecule is CCOC(=N[C@@H](C)CCCN(CC)CC)NC(=O)c1ccco1. The Labute approximate surface area is 138 Å². The zero-order valence-corrected chi connectivity index (χ0v) is 14.7. The molecule has 130 valence electrons. The first-order chi connectivity index (χ1) is 11.1. The highest BCUT2D eigenvalue weighted by molar-refractivity contribution is 6.02. The normalized spacial score (nSPS) is 13.2. The minimum Gasteiger partial charge on any atom is -0.465 e. The zero-order valence-electron chi connectivity index (χ0n) is 14.7. The molecule has 1 aromatic rings. The highest BCUT2D eigenvalue weighted by Crippen LogP contribution is 2.05. The molecule has 0 aliphatic heterocycles. The van der Waals surface area contributed by atoms with Gasteiger partial charge in [0.2, 0.25) is 0 Å². The molecule has 1 rings (SSSR count). The van der Waals surface area contributed by atoms with E-state index < -0.39 is 0 Å². The molecule has 0 aromatic carbocycles. The Morgan fingerprint density at radius 1 is 1.39 bits per heavy atom. The first-order valence-corrected chi connectivity index (χ1v) is 8.38. The lowest BCUT2D eigenvalue weighted by Crippen LogP contribution is -2.33. The Balaban J connectivity index is 2.50. The Hall–Kier alpha value is -1.82. The van der Waals surface area contributed by atoms with Crippen molar-refractivity contribution in [3.05, 3.63) is 24.2 Å². The molecule has 1 amide bonds. The zero-order chi connectivity index (χ0) is 17.1. The lowest BCUT2D eigenvalue weighted by atomic mass is 10.2. The Morgan fingerprint density at radius 2 is 2.13 bits per heavy atom. The molecule has 1 N–H and O–H groups in total. The topological polar surface area (TPSA) is 67.1 Å². The van der Waals surface area contributed by atoms with E-state index in [2.05, 4.69) is 29.1 Å². The summed E-state index contributed by atoms with van der Waals surface area (Å²) in [5.41, 5.74) is 0. The third-order valence-corrected chi connectivity index (χ3v) is 3.57. The van der Waals surface area contributed by atoms with Crippen molar-refractivity contribution in [1.29, 1.82) is 0 Å². The van der Waals surface area contributed by atoms with Gasteiger partial charge in [-0.3, -0.25) is 10.1 Å². The highest BCUT2D eigenvalue weighted by atomic mass is 16.5. The summed E-state index contributed by atoms with van der Waals surface area (Å²) >= 11 is 0. The van der Waals surface area contributed by atoms with E-state index in [1.807, 2.05) is 13.8 Å². The number of amidine groups is 1. The van der Waals surface area contributed by atoms with Crippen LogP contribution < -0.4 is 5.32 Å². The third-order valence-electron chi connectivity index (χ3n) is 3.57. The van der Waals surface area contributed by atoms with Crippen molar-refractivity contribution in [2.45, 2.75) is 46.6 Å². The second-order valence-corrected chi connectivity index (χ2v) is 5.32. The summed E-state index contributed by atoms with van der Waals surface area (Å²) in [4.78, 5) is 18.8. The quantitative estimate of drug-likeness (QED) is 0.560. The highest BCUT2D eigenvalue weighted by Gasteiger charge is 2.13. The van der Waals surface area contributed by atoms with Crippen molar-refractivity contribution in [3.63, 3.8) is 0 Å². The average molecular weight is 323 g/mol. The van der Waals surface area contributed by atoms with Crippen molar-refractivity contribution in [2.75, 3.05) is 26.2 Å². The van der Waals surface area contributed by atoms with Crippen molar-refractivity contribution in [1.82, 2.24) is 10.2 Å². The largest absolute Gasteiger partial charge is 0.465 e. The molecule has 0 aliphatic carbocycles. The second-order valence-electron chi connectivity index (χ2n) is 5.32. The molecule has 0 radical (unpaired) electrons. The van der Waals surface area contributed by atoms with Crippen LogP contribution in [-0.2, 0) is 4.74 Å². The van der Waals surface area contributed by atoms with Crippen LogP contribution in [0.25, 0.3) is 0 Å². The van der Waals surface area contributed by atoms with Crippen LogP contribution in [0, 0.1) is 0 Å². The Kier molecular flexibility index (Phi) is 9.05. The number of nitrogens with one attached hydrogen (secondary N) is 1. The summed E-state index contributed by atoms with van der Waals surface area (Å²) in [5.74, 6) is -0.107. The summed E-state index contributed by atoms with van der Waals surface area (Å²) in [5, 5.41) is 2.66. The predicted octanol–water partition coefficient (Wildman–Crippen LogP) is 2.91. The van der Waals surface area contributed by atoms with E-state index in [1.165, 1.54) is 6.26 Å². The maximum Gasteiger partial charge on any atom is 0.294 e. The molecule has 0 saturated carbocycles. The molecule has 23 heavy (non-hydrogen) atoms.